The molecule has 28 heavy (non-hydrogen) atoms. The van der Waals surface area contributed by atoms with Crippen LogP contribution in [0.15, 0.2) is 30.5 Å². The topological polar surface area (TPSA) is 66.9 Å². The molecule has 9 heteroatoms. The monoisotopic (exact) mass is 397 g/mol. The summed E-state index contributed by atoms with van der Waals surface area (Å²) in [6.07, 6.45) is -1.54. The number of pyridine rings is 1. The lowest BCUT2D eigenvalue weighted by Crippen LogP contribution is -2.17. The molecule has 1 saturated carbocycles. The molecule has 1 fully saturated rings. The number of hydrogen-bond donors (Lipinski definition) is 0. The normalized spacial score (nSPS) is 14.9. The van der Waals surface area contributed by atoms with Crippen LogP contribution in [0.1, 0.15) is 35.8 Å². The molecule has 0 bridgehead atoms. The van der Waals surface area contributed by atoms with Crippen molar-refractivity contribution in [3.63, 3.8) is 0 Å². The van der Waals surface area contributed by atoms with Crippen LogP contribution in [-0.4, -0.2) is 31.5 Å². The molecule has 0 saturated heterocycles. The molecule has 3 rings (SSSR count). The Balaban J connectivity index is 1.96. The molecule has 0 N–H and O–H groups in total. The number of carbonyl (C=O) groups excluding carboxylic acids is 1. The summed E-state index contributed by atoms with van der Waals surface area (Å²) in [6, 6.07) is 5.04. The average molecular weight is 397 g/mol. The molecule has 1 aromatic heterocycles. The highest BCUT2D eigenvalue weighted by molar-refractivity contribution is 5.92. The van der Waals surface area contributed by atoms with Crippen LogP contribution in [0.2, 0.25) is 0 Å². The second-order valence-electron chi connectivity index (χ2n) is 6.58. The summed E-state index contributed by atoms with van der Waals surface area (Å²) in [5, 5.41) is 0. The van der Waals surface area contributed by atoms with Gasteiger partial charge >= 0.3 is 12.3 Å². The molecule has 1 aliphatic rings. The van der Waals surface area contributed by atoms with Crippen molar-refractivity contribution < 1.29 is 36.9 Å². The van der Waals surface area contributed by atoms with E-state index in [0.717, 1.165) is 30.7 Å². The lowest BCUT2D eigenvalue weighted by molar-refractivity contribution is -0.274. The molecule has 150 valence electrons. The zero-order valence-electron chi connectivity index (χ0n) is 15.4. The van der Waals surface area contributed by atoms with Crippen LogP contribution < -0.4 is 14.2 Å². The van der Waals surface area contributed by atoms with Gasteiger partial charge in [0.1, 0.15) is 17.1 Å². The van der Waals surface area contributed by atoms with E-state index in [1.807, 2.05) is 6.92 Å². The summed E-state index contributed by atoms with van der Waals surface area (Å²) >= 11 is 0. The maximum absolute atomic E-state index is 12.4. The SMILES string of the molecule is COC(=O)c1cnc(C2(C)CC2)cc1Oc1ccc(OC(F)(F)F)cc1OC. The Labute approximate surface area is 159 Å². The van der Waals surface area contributed by atoms with Gasteiger partial charge in [-0.05, 0) is 25.0 Å². The average Bonchev–Trinajstić information content (AvgIpc) is 3.39. The van der Waals surface area contributed by atoms with E-state index in [9.17, 15) is 18.0 Å². The van der Waals surface area contributed by atoms with Crippen molar-refractivity contribution in [2.24, 2.45) is 0 Å². The van der Waals surface area contributed by atoms with Gasteiger partial charge in [0.05, 0.1) is 14.2 Å². The molecule has 2 aromatic rings. The Hall–Kier alpha value is -2.97. The first-order valence-electron chi connectivity index (χ1n) is 8.36. The van der Waals surface area contributed by atoms with Crippen molar-refractivity contribution in [2.75, 3.05) is 14.2 Å². The third kappa shape index (κ3) is 4.29. The molecule has 6 nitrogen and oxygen atoms in total. The van der Waals surface area contributed by atoms with Gasteiger partial charge in [0, 0.05) is 29.4 Å². The highest BCUT2D eigenvalue weighted by atomic mass is 19.4. The number of esters is 1. The van der Waals surface area contributed by atoms with Gasteiger partial charge < -0.3 is 18.9 Å². The number of carbonyl (C=O) groups is 1. The summed E-state index contributed by atoms with van der Waals surface area (Å²) in [5.74, 6) is -0.807. The molecule has 1 heterocycles. The molecule has 0 aliphatic heterocycles. The minimum absolute atomic E-state index is 0.00793. The lowest BCUT2D eigenvalue weighted by Gasteiger charge is -2.16. The summed E-state index contributed by atoms with van der Waals surface area (Å²) in [6.45, 7) is 2.04. The molecule has 0 amide bonds. The van der Waals surface area contributed by atoms with E-state index < -0.39 is 18.1 Å². The molecule has 0 spiro atoms. The van der Waals surface area contributed by atoms with Crippen molar-refractivity contribution in [3.8, 4) is 23.0 Å². The van der Waals surface area contributed by atoms with Crippen molar-refractivity contribution in [3.05, 3.63) is 41.7 Å². The van der Waals surface area contributed by atoms with Crippen LogP contribution in [0.25, 0.3) is 0 Å². The van der Waals surface area contributed by atoms with E-state index in [2.05, 4.69) is 9.72 Å². The number of hydrogen-bond acceptors (Lipinski definition) is 6. The predicted molar refractivity (Wildman–Crippen MR) is 91.9 cm³/mol. The van der Waals surface area contributed by atoms with Crippen LogP contribution in [0.4, 0.5) is 13.2 Å². The standard InChI is InChI=1S/C19H18F3NO5/c1-18(6-7-18)16-9-14(12(10-23-16)17(24)26-3)27-13-5-4-11(8-15(13)25-2)28-19(20,21)22/h4-5,8-10H,6-7H2,1-3H3. The molecule has 1 aliphatic carbocycles. The third-order valence-corrected chi connectivity index (χ3v) is 4.48. The van der Waals surface area contributed by atoms with Crippen molar-refractivity contribution in [1.29, 1.82) is 0 Å². The number of aromatic nitrogens is 1. The first-order chi connectivity index (χ1) is 13.1. The Morgan fingerprint density at radius 2 is 1.82 bits per heavy atom. The number of methoxy groups -OCH3 is 2. The van der Waals surface area contributed by atoms with E-state index >= 15 is 0 Å². The summed E-state index contributed by atoms with van der Waals surface area (Å²) in [4.78, 5) is 16.4. The predicted octanol–water partition coefficient (Wildman–Crippen LogP) is 4.62. The maximum Gasteiger partial charge on any atom is 0.573 e. The van der Waals surface area contributed by atoms with Crippen molar-refractivity contribution in [2.45, 2.75) is 31.5 Å². The second-order valence-corrected chi connectivity index (χ2v) is 6.58. The first-order valence-corrected chi connectivity index (χ1v) is 8.36. The summed E-state index contributed by atoms with van der Waals surface area (Å²) in [5.41, 5.74) is 0.764. The van der Waals surface area contributed by atoms with Gasteiger partial charge in [0.25, 0.3) is 0 Å². The van der Waals surface area contributed by atoms with E-state index in [1.165, 1.54) is 26.5 Å². The zero-order valence-corrected chi connectivity index (χ0v) is 15.4. The molecule has 0 atom stereocenters. The fourth-order valence-electron chi connectivity index (χ4n) is 2.61. The van der Waals surface area contributed by atoms with Crippen molar-refractivity contribution in [1.82, 2.24) is 4.98 Å². The Kier molecular flexibility index (Phi) is 5.10. The first kappa shape index (κ1) is 19.8. The number of halogens is 3. The van der Waals surface area contributed by atoms with Gasteiger partial charge in [0.15, 0.2) is 11.5 Å². The van der Waals surface area contributed by atoms with Gasteiger partial charge in [-0.25, -0.2) is 4.79 Å². The number of ether oxygens (including phenoxy) is 4. The number of alkyl halides is 3. The van der Waals surface area contributed by atoms with Crippen LogP contribution in [0, 0.1) is 0 Å². The van der Waals surface area contributed by atoms with Crippen LogP contribution in [0.5, 0.6) is 23.0 Å². The van der Waals surface area contributed by atoms with E-state index in [-0.39, 0.29) is 28.2 Å². The van der Waals surface area contributed by atoms with Gasteiger partial charge in [-0.3, -0.25) is 4.98 Å². The van der Waals surface area contributed by atoms with Crippen LogP contribution in [-0.2, 0) is 10.2 Å². The summed E-state index contributed by atoms with van der Waals surface area (Å²) in [7, 11) is 2.51. The molecular weight excluding hydrogens is 379 g/mol. The van der Waals surface area contributed by atoms with E-state index in [1.54, 1.807) is 6.07 Å². The Morgan fingerprint density at radius 3 is 2.39 bits per heavy atom. The quantitative estimate of drug-likeness (QED) is 0.663. The van der Waals surface area contributed by atoms with E-state index in [4.69, 9.17) is 14.2 Å². The van der Waals surface area contributed by atoms with Gasteiger partial charge in [-0.1, -0.05) is 6.92 Å². The maximum atomic E-state index is 12.4. The van der Waals surface area contributed by atoms with Crippen LogP contribution >= 0.6 is 0 Å². The Morgan fingerprint density at radius 1 is 1.11 bits per heavy atom. The third-order valence-electron chi connectivity index (χ3n) is 4.48. The molecule has 1 aromatic carbocycles. The number of rotatable bonds is 6. The van der Waals surface area contributed by atoms with Crippen LogP contribution in [0.3, 0.4) is 0 Å². The highest BCUT2D eigenvalue weighted by Gasteiger charge is 2.41. The lowest BCUT2D eigenvalue weighted by atomic mass is 10.0. The number of nitrogens with zero attached hydrogens (tertiary/aromatic N) is 1. The van der Waals surface area contributed by atoms with Crippen molar-refractivity contribution >= 4 is 5.97 Å². The summed E-state index contributed by atoms with van der Waals surface area (Å²) < 4.78 is 56.8. The minimum atomic E-state index is -4.83. The second kappa shape index (κ2) is 7.21. The van der Waals surface area contributed by atoms with Gasteiger partial charge in [-0.2, -0.15) is 0 Å². The van der Waals surface area contributed by atoms with Gasteiger partial charge in [0.2, 0.25) is 0 Å². The largest absolute Gasteiger partial charge is 0.573 e. The fourth-order valence-corrected chi connectivity index (χ4v) is 2.61. The highest BCUT2D eigenvalue weighted by Crippen LogP contribution is 2.48. The van der Waals surface area contributed by atoms with E-state index in [0.29, 0.717) is 0 Å². The molecule has 0 radical (unpaired) electrons. The molecular formula is C19H18F3NO5. The van der Waals surface area contributed by atoms with Gasteiger partial charge in [-0.15, -0.1) is 13.2 Å². The zero-order chi connectivity index (χ0) is 20.5. The Bertz CT molecular complexity index is 894. The fraction of sp³-hybridized carbons (Fsp3) is 0.368. The smallest absolute Gasteiger partial charge is 0.493 e. The minimum Gasteiger partial charge on any atom is -0.493 e. The number of benzene rings is 1. The molecule has 0 unspecified atom stereocenters.